The van der Waals surface area contributed by atoms with Crippen LogP contribution in [0.3, 0.4) is 0 Å². The van der Waals surface area contributed by atoms with Crippen LogP contribution in [0.4, 0.5) is 0 Å². The summed E-state index contributed by atoms with van der Waals surface area (Å²) in [6.45, 7) is 2.43. The van der Waals surface area contributed by atoms with Gasteiger partial charge >= 0.3 is 0 Å². The Kier molecular flexibility index (Phi) is 0.866. The molecule has 2 heteroatoms. The summed E-state index contributed by atoms with van der Waals surface area (Å²) in [6, 6.07) is 0. The van der Waals surface area contributed by atoms with Gasteiger partial charge in [0.2, 0.25) is 0 Å². The van der Waals surface area contributed by atoms with Crippen LogP contribution in [0.1, 0.15) is 19.3 Å². The van der Waals surface area contributed by atoms with Crippen LogP contribution in [0.15, 0.2) is 0 Å². The van der Waals surface area contributed by atoms with Crippen LogP contribution >= 0.6 is 0 Å². The maximum absolute atomic E-state index is 5.30. The van der Waals surface area contributed by atoms with Gasteiger partial charge in [0.05, 0.1) is 6.61 Å². The third-order valence-electron chi connectivity index (χ3n) is 1.83. The normalized spacial score (nSPS) is 33.0. The summed E-state index contributed by atoms with van der Waals surface area (Å²) in [5, 5.41) is 0. The van der Waals surface area contributed by atoms with Crippen molar-refractivity contribution in [3.05, 3.63) is 6.61 Å². The zero-order valence-corrected chi connectivity index (χ0v) is 4.72. The molecular formula is C6H9O2. The Morgan fingerprint density at radius 3 is 2.50 bits per heavy atom. The summed E-state index contributed by atoms with van der Waals surface area (Å²) >= 11 is 0. The Morgan fingerprint density at radius 1 is 1.38 bits per heavy atom. The highest BCUT2D eigenvalue weighted by Gasteiger charge is 2.42. The van der Waals surface area contributed by atoms with E-state index in [4.69, 9.17) is 9.47 Å². The highest BCUT2D eigenvalue weighted by atomic mass is 16.7. The van der Waals surface area contributed by atoms with Crippen LogP contribution in [0.5, 0.6) is 0 Å². The van der Waals surface area contributed by atoms with E-state index in [9.17, 15) is 0 Å². The standard InChI is InChI=1S/C6H9O2/c1-2-6(3-1)7-4-5-8-6/h4H,1-3,5H2. The zero-order valence-electron chi connectivity index (χ0n) is 4.72. The van der Waals surface area contributed by atoms with Gasteiger partial charge in [0, 0.05) is 12.8 Å². The van der Waals surface area contributed by atoms with E-state index in [0.717, 1.165) is 12.8 Å². The smallest absolute Gasteiger partial charge is 0.169 e. The molecule has 1 saturated heterocycles. The van der Waals surface area contributed by atoms with Crippen LogP contribution in [-0.2, 0) is 9.47 Å². The van der Waals surface area contributed by atoms with Crippen molar-refractivity contribution >= 4 is 0 Å². The summed E-state index contributed by atoms with van der Waals surface area (Å²) in [4.78, 5) is 0. The Hall–Kier alpha value is -0.0800. The number of hydrogen-bond donors (Lipinski definition) is 0. The fourth-order valence-corrected chi connectivity index (χ4v) is 1.13. The third kappa shape index (κ3) is 0.501. The van der Waals surface area contributed by atoms with E-state index in [0.29, 0.717) is 6.61 Å². The van der Waals surface area contributed by atoms with Gasteiger partial charge < -0.3 is 9.47 Å². The molecule has 0 bridgehead atoms. The molecule has 1 aliphatic carbocycles. The largest absolute Gasteiger partial charge is 0.347 e. The van der Waals surface area contributed by atoms with Crippen molar-refractivity contribution in [2.24, 2.45) is 0 Å². The van der Waals surface area contributed by atoms with Gasteiger partial charge in [-0.15, -0.1) is 0 Å². The maximum Gasteiger partial charge on any atom is 0.169 e. The van der Waals surface area contributed by atoms with E-state index >= 15 is 0 Å². The molecule has 0 aromatic carbocycles. The number of hydrogen-bond acceptors (Lipinski definition) is 2. The first-order chi connectivity index (χ1) is 3.91. The Bertz CT molecular complexity index is 88.7. The van der Waals surface area contributed by atoms with Crippen molar-refractivity contribution in [3.63, 3.8) is 0 Å². The van der Waals surface area contributed by atoms with E-state index in [1.54, 1.807) is 6.61 Å². The van der Waals surface area contributed by atoms with Gasteiger partial charge in [-0.05, 0) is 6.42 Å². The third-order valence-corrected chi connectivity index (χ3v) is 1.83. The first kappa shape index (κ1) is 4.77. The molecule has 0 aromatic rings. The van der Waals surface area contributed by atoms with Gasteiger partial charge in [-0.2, -0.15) is 0 Å². The molecule has 0 amide bonds. The van der Waals surface area contributed by atoms with Crippen LogP contribution in [-0.4, -0.2) is 12.4 Å². The molecule has 0 atom stereocenters. The van der Waals surface area contributed by atoms with Gasteiger partial charge in [0.15, 0.2) is 5.79 Å². The van der Waals surface area contributed by atoms with Gasteiger partial charge in [-0.3, -0.25) is 0 Å². The molecule has 1 heterocycles. The van der Waals surface area contributed by atoms with Crippen LogP contribution in [0, 0.1) is 6.61 Å². The second-order valence-corrected chi connectivity index (χ2v) is 2.36. The molecule has 2 rings (SSSR count). The van der Waals surface area contributed by atoms with E-state index in [1.165, 1.54) is 6.42 Å². The van der Waals surface area contributed by atoms with Crippen LogP contribution < -0.4 is 0 Å². The van der Waals surface area contributed by atoms with Crippen molar-refractivity contribution in [1.29, 1.82) is 0 Å². The molecule has 2 nitrogen and oxygen atoms in total. The van der Waals surface area contributed by atoms with E-state index < -0.39 is 0 Å². The van der Waals surface area contributed by atoms with Crippen molar-refractivity contribution in [1.82, 2.24) is 0 Å². The summed E-state index contributed by atoms with van der Waals surface area (Å²) in [7, 11) is 0. The second kappa shape index (κ2) is 1.45. The van der Waals surface area contributed by atoms with Crippen molar-refractivity contribution in [2.75, 3.05) is 6.61 Å². The topological polar surface area (TPSA) is 18.5 Å². The SMILES string of the molecule is [CH]1COC2(CCC2)O1. The fraction of sp³-hybridized carbons (Fsp3) is 0.833. The summed E-state index contributed by atoms with van der Waals surface area (Å²) in [5.74, 6) is -0.139. The molecule has 45 valence electrons. The minimum absolute atomic E-state index is 0.139. The lowest BCUT2D eigenvalue weighted by molar-refractivity contribution is -0.199. The Labute approximate surface area is 48.8 Å². The van der Waals surface area contributed by atoms with Gasteiger partial charge in [-0.1, -0.05) is 0 Å². The van der Waals surface area contributed by atoms with Crippen molar-refractivity contribution in [2.45, 2.75) is 25.0 Å². The summed E-state index contributed by atoms with van der Waals surface area (Å²) < 4.78 is 10.5. The van der Waals surface area contributed by atoms with E-state index in [2.05, 4.69) is 0 Å². The number of ether oxygens (including phenoxy) is 2. The lowest BCUT2D eigenvalue weighted by Gasteiger charge is -2.35. The minimum atomic E-state index is -0.139. The number of rotatable bonds is 0. The average molecular weight is 113 g/mol. The fourth-order valence-electron chi connectivity index (χ4n) is 1.13. The monoisotopic (exact) mass is 113 g/mol. The molecule has 0 N–H and O–H groups in total. The van der Waals surface area contributed by atoms with Crippen LogP contribution in [0.25, 0.3) is 0 Å². The van der Waals surface area contributed by atoms with Gasteiger partial charge in [0.25, 0.3) is 0 Å². The molecule has 0 aromatic heterocycles. The van der Waals surface area contributed by atoms with E-state index in [-0.39, 0.29) is 5.79 Å². The lowest BCUT2D eigenvalue weighted by atomic mass is 9.92. The Morgan fingerprint density at radius 2 is 2.25 bits per heavy atom. The minimum Gasteiger partial charge on any atom is -0.347 e. The Balaban J connectivity index is 2.01. The maximum atomic E-state index is 5.30. The van der Waals surface area contributed by atoms with Gasteiger partial charge in [0.1, 0.15) is 6.61 Å². The second-order valence-electron chi connectivity index (χ2n) is 2.36. The first-order valence-electron chi connectivity index (χ1n) is 3.05. The summed E-state index contributed by atoms with van der Waals surface area (Å²) in [5.41, 5.74) is 0. The predicted octanol–water partition coefficient (Wildman–Crippen LogP) is 1.08. The molecule has 8 heavy (non-hydrogen) atoms. The van der Waals surface area contributed by atoms with Crippen molar-refractivity contribution in [3.8, 4) is 0 Å². The molecule has 0 unspecified atom stereocenters. The molecule has 1 spiro atoms. The summed E-state index contributed by atoms with van der Waals surface area (Å²) in [6.07, 6.45) is 3.43. The van der Waals surface area contributed by atoms with Crippen molar-refractivity contribution < 1.29 is 9.47 Å². The molecule has 2 fully saturated rings. The lowest BCUT2D eigenvalue weighted by Crippen LogP contribution is -2.37. The highest BCUT2D eigenvalue weighted by molar-refractivity contribution is 4.85. The molecular weight excluding hydrogens is 104 g/mol. The average Bonchev–Trinajstić information content (AvgIpc) is 2.07. The highest BCUT2D eigenvalue weighted by Crippen LogP contribution is 2.40. The molecule has 2 aliphatic rings. The quantitative estimate of drug-likeness (QED) is 0.468. The first-order valence-corrected chi connectivity index (χ1v) is 3.05. The molecule has 1 radical (unpaired) electrons. The molecule has 1 aliphatic heterocycles. The van der Waals surface area contributed by atoms with Crippen LogP contribution in [0.2, 0.25) is 0 Å². The zero-order chi connectivity index (χ0) is 5.45. The van der Waals surface area contributed by atoms with E-state index in [1.807, 2.05) is 0 Å². The predicted molar refractivity (Wildman–Crippen MR) is 27.9 cm³/mol. The molecule has 1 saturated carbocycles. The van der Waals surface area contributed by atoms with Gasteiger partial charge in [-0.25, -0.2) is 0 Å².